The SMILES string of the molecule is CC1CCC(N(C)Cc2cccc(C(=N)N)c2F)CC1. The first-order chi connectivity index (χ1) is 9.49. The highest BCUT2D eigenvalue weighted by Gasteiger charge is 2.22. The monoisotopic (exact) mass is 277 g/mol. The van der Waals surface area contributed by atoms with Gasteiger partial charge in [0, 0.05) is 18.2 Å². The minimum Gasteiger partial charge on any atom is -0.384 e. The minimum absolute atomic E-state index is 0.202. The third-order valence-corrected chi connectivity index (χ3v) is 4.40. The second-order valence-electron chi connectivity index (χ2n) is 6.02. The molecule has 2 rings (SSSR count). The molecule has 0 unspecified atom stereocenters. The van der Waals surface area contributed by atoms with Crippen LogP contribution >= 0.6 is 0 Å². The van der Waals surface area contributed by atoms with E-state index in [-0.39, 0.29) is 17.2 Å². The van der Waals surface area contributed by atoms with Crippen LogP contribution in [0.4, 0.5) is 4.39 Å². The second-order valence-corrected chi connectivity index (χ2v) is 6.02. The Morgan fingerprint density at radius 3 is 2.60 bits per heavy atom. The van der Waals surface area contributed by atoms with Crippen molar-refractivity contribution in [2.45, 2.75) is 45.2 Å². The molecule has 20 heavy (non-hydrogen) atoms. The summed E-state index contributed by atoms with van der Waals surface area (Å²) in [6.07, 6.45) is 4.88. The molecule has 110 valence electrons. The Labute approximate surface area is 120 Å². The third-order valence-electron chi connectivity index (χ3n) is 4.40. The van der Waals surface area contributed by atoms with E-state index < -0.39 is 0 Å². The number of hydrogen-bond donors (Lipinski definition) is 2. The molecular weight excluding hydrogens is 253 g/mol. The van der Waals surface area contributed by atoms with Crippen LogP contribution in [0.2, 0.25) is 0 Å². The van der Waals surface area contributed by atoms with Gasteiger partial charge in [-0.2, -0.15) is 0 Å². The lowest BCUT2D eigenvalue weighted by atomic mass is 9.86. The van der Waals surface area contributed by atoms with E-state index in [1.807, 2.05) is 0 Å². The van der Waals surface area contributed by atoms with Crippen LogP contribution in [0.5, 0.6) is 0 Å². The van der Waals surface area contributed by atoms with Gasteiger partial charge < -0.3 is 5.73 Å². The van der Waals surface area contributed by atoms with E-state index in [9.17, 15) is 4.39 Å². The zero-order valence-corrected chi connectivity index (χ0v) is 12.3. The van der Waals surface area contributed by atoms with Gasteiger partial charge in [0.2, 0.25) is 0 Å². The van der Waals surface area contributed by atoms with Gasteiger partial charge in [0.05, 0.1) is 5.56 Å². The fourth-order valence-corrected chi connectivity index (χ4v) is 2.99. The van der Waals surface area contributed by atoms with Crippen LogP contribution in [0.25, 0.3) is 0 Å². The highest BCUT2D eigenvalue weighted by Crippen LogP contribution is 2.27. The molecule has 0 spiro atoms. The fraction of sp³-hybridized carbons (Fsp3) is 0.562. The Kier molecular flexibility index (Phi) is 4.76. The number of benzene rings is 1. The summed E-state index contributed by atoms with van der Waals surface area (Å²) in [5, 5.41) is 7.40. The van der Waals surface area contributed by atoms with Crippen molar-refractivity contribution in [1.29, 1.82) is 5.41 Å². The first-order valence-corrected chi connectivity index (χ1v) is 7.31. The normalized spacial score (nSPS) is 23.0. The summed E-state index contributed by atoms with van der Waals surface area (Å²) in [6.45, 7) is 2.87. The Balaban J connectivity index is 2.06. The van der Waals surface area contributed by atoms with Gasteiger partial charge in [-0.15, -0.1) is 0 Å². The largest absolute Gasteiger partial charge is 0.384 e. The molecule has 0 radical (unpaired) electrons. The Morgan fingerprint density at radius 1 is 1.35 bits per heavy atom. The predicted octanol–water partition coefficient (Wildman–Crippen LogP) is 3.12. The van der Waals surface area contributed by atoms with E-state index in [0.717, 1.165) is 5.92 Å². The van der Waals surface area contributed by atoms with Crippen molar-refractivity contribution in [3.05, 3.63) is 35.1 Å². The molecule has 3 N–H and O–H groups in total. The van der Waals surface area contributed by atoms with Gasteiger partial charge >= 0.3 is 0 Å². The molecule has 0 heterocycles. The number of hydrogen-bond acceptors (Lipinski definition) is 2. The average Bonchev–Trinajstić information content (AvgIpc) is 2.41. The smallest absolute Gasteiger partial charge is 0.138 e. The highest BCUT2D eigenvalue weighted by atomic mass is 19.1. The van der Waals surface area contributed by atoms with Gasteiger partial charge in [0.1, 0.15) is 11.7 Å². The zero-order valence-electron chi connectivity index (χ0n) is 12.3. The first kappa shape index (κ1) is 15.0. The summed E-state index contributed by atoms with van der Waals surface area (Å²) < 4.78 is 14.3. The molecule has 1 fully saturated rings. The van der Waals surface area contributed by atoms with Crippen LogP contribution in [-0.2, 0) is 6.54 Å². The van der Waals surface area contributed by atoms with E-state index in [0.29, 0.717) is 18.2 Å². The summed E-state index contributed by atoms with van der Waals surface area (Å²) in [6, 6.07) is 5.64. The van der Waals surface area contributed by atoms with Gasteiger partial charge in [-0.25, -0.2) is 4.39 Å². The summed E-state index contributed by atoms with van der Waals surface area (Å²) in [5.74, 6) is 0.256. The van der Waals surface area contributed by atoms with Crippen LogP contribution < -0.4 is 5.73 Å². The topological polar surface area (TPSA) is 53.1 Å². The lowest BCUT2D eigenvalue weighted by molar-refractivity contribution is 0.162. The van der Waals surface area contributed by atoms with E-state index in [1.54, 1.807) is 18.2 Å². The van der Waals surface area contributed by atoms with Crippen LogP contribution in [0.3, 0.4) is 0 Å². The van der Waals surface area contributed by atoms with Gasteiger partial charge in [-0.3, -0.25) is 10.3 Å². The van der Waals surface area contributed by atoms with E-state index >= 15 is 0 Å². The fourth-order valence-electron chi connectivity index (χ4n) is 2.99. The van der Waals surface area contributed by atoms with Crippen molar-refractivity contribution in [1.82, 2.24) is 4.90 Å². The van der Waals surface area contributed by atoms with Crippen molar-refractivity contribution >= 4 is 5.84 Å². The maximum Gasteiger partial charge on any atom is 0.138 e. The summed E-state index contributed by atoms with van der Waals surface area (Å²) in [7, 11) is 2.06. The van der Waals surface area contributed by atoms with Crippen molar-refractivity contribution in [3.63, 3.8) is 0 Å². The number of amidine groups is 1. The van der Waals surface area contributed by atoms with Gasteiger partial charge in [0.15, 0.2) is 0 Å². The maximum atomic E-state index is 14.3. The number of nitrogen functional groups attached to an aromatic ring is 1. The number of rotatable bonds is 4. The standard InChI is InChI=1S/C16H24FN3/c1-11-6-8-13(9-7-11)20(2)10-12-4-3-5-14(15(12)17)16(18)19/h3-5,11,13H,6-10H2,1-2H3,(H3,18,19). The molecule has 0 amide bonds. The number of nitrogens with zero attached hydrogens (tertiary/aromatic N) is 1. The van der Waals surface area contributed by atoms with E-state index in [2.05, 4.69) is 18.9 Å². The number of nitrogens with one attached hydrogen (secondary N) is 1. The molecule has 0 aliphatic heterocycles. The third kappa shape index (κ3) is 3.37. The zero-order chi connectivity index (χ0) is 14.7. The Bertz CT molecular complexity index is 479. The Morgan fingerprint density at radius 2 is 2.00 bits per heavy atom. The summed E-state index contributed by atoms with van der Waals surface area (Å²) in [4.78, 5) is 2.23. The van der Waals surface area contributed by atoms with Crippen molar-refractivity contribution in [3.8, 4) is 0 Å². The van der Waals surface area contributed by atoms with E-state index in [1.165, 1.54) is 25.7 Å². The molecule has 0 aromatic heterocycles. The minimum atomic E-state index is -0.351. The predicted molar refractivity (Wildman–Crippen MR) is 80.3 cm³/mol. The molecule has 1 aromatic rings. The van der Waals surface area contributed by atoms with Crippen LogP contribution in [0.1, 0.15) is 43.7 Å². The molecule has 0 bridgehead atoms. The Hall–Kier alpha value is -1.42. The molecule has 1 aromatic carbocycles. The van der Waals surface area contributed by atoms with Crippen molar-refractivity contribution < 1.29 is 4.39 Å². The highest BCUT2D eigenvalue weighted by molar-refractivity contribution is 5.95. The molecule has 0 atom stereocenters. The number of halogens is 1. The molecule has 1 aliphatic rings. The molecular formula is C16H24FN3. The quantitative estimate of drug-likeness (QED) is 0.656. The van der Waals surface area contributed by atoms with E-state index in [4.69, 9.17) is 11.1 Å². The number of nitrogens with two attached hydrogens (primary N) is 1. The van der Waals surface area contributed by atoms with Crippen molar-refractivity contribution in [2.75, 3.05) is 7.05 Å². The second kappa shape index (κ2) is 6.35. The molecule has 4 heteroatoms. The summed E-state index contributed by atoms with van der Waals surface area (Å²) in [5.41, 5.74) is 6.23. The molecule has 1 aliphatic carbocycles. The lowest BCUT2D eigenvalue weighted by Gasteiger charge is -2.33. The van der Waals surface area contributed by atoms with Gasteiger partial charge in [-0.1, -0.05) is 19.1 Å². The van der Waals surface area contributed by atoms with Crippen LogP contribution in [0, 0.1) is 17.1 Å². The first-order valence-electron chi connectivity index (χ1n) is 7.31. The summed E-state index contributed by atoms with van der Waals surface area (Å²) >= 11 is 0. The van der Waals surface area contributed by atoms with Gasteiger partial charge in [0.25, 0.3) is 0 Å². The van der Waals surface area contributed by atoms with Crippen LogP contribution in [-0.4, -0.2) is 23.8 Å². The molecule has 3 nitrogen and oxygen atoms in total. The average molecular weight is 277 g/mol. The lowest BCUT2D eigenvalue weighted by Crippen LogP contribution is -2.34. The molecule has 1 saturated carbocycles. The van der Waals surface area contributed by atoms with Crippen molar-refractivity contribution in [2.24, 2.45) is 11.7 Å². The van der Waals surface area contributed by atoms with Crippen LogP contribution in [0.15, 0.2) is 18.2 Å². The maximum absolute atomic E-state index is 14.3. The molecule has 0 saturated heterocycles. The van der Waals surface area contributed by atoms with Gasteiger partial charge in [-0.05, 0) is 44.7 Å².